The predicted molar refractivity (Wildman–Crippen MR) is 102 cm³/mol. The van der Waals surface area contributed by atoms with Crippen LogP contribution < -0.4 is 10.6 Å². The SMILES string of the molecule is CNC(=O)NC(=O)C(=CC1CCCCC1)c1ccc(S(C)(=O)=O)c(C(F)(F)F)c1. The first-order chi connectivity index (χ1) is 13.4. The maximum absolute atomic E-state index is 13.5. The Hall–Kier alpha value is -2.36. The molecule has 1 aromatic carbocycles. The molecule has 0 unspecified atom stereocenters. The maximum atomic E-state index is 13.5. The molecule has 2 rings (SSSR count). The van der Waals surface area contributed by atoms with Crippen molar-refractivity contribution in [2.45, 2.75) is 43.2 Å². The lowest BCUT2D eigenvalue weighted by molar-refractivity contribution is -0.139. The van der Waals surface area contributed by atoms with E-state index >= 15 is 0 Å². The quantitative estimate of drug-likeness (QED) is 0.712. The fraction of sp³-hybridized carbons (Fsp3) is 0.474. The van der Waals surface area contributed by atoms with Crippen molar-refractivity contribution in [1.29, 1.82) is 0 Å². The van der Waals surface area contributed by atoms with E-state index in [1.807, 2.05) is 0 Å². The number of alkyl halides is 3. The summed E-state index contributed by atoms with van der Waals surface area (Å²) in [6.45, 7) is 0. The van der Waals surface area contributed by atoms with Gasteiger partial charge in [0.25, 0.3) is 5.91 Å². The molecule has 0 heterocycles. The highest BCUT2D eigenvalue weighted by molar-refractivity contribution is 7.90. The summed E-state index contributed by atoms with van der Waals surface area (Å²) < 4.78 is 64.0. The smallest absolute Gasteiger partial charge is 0.341 e. The number of hydrogen-bond acceptors (Lipinski definition) is 4. The van der Waals surface area contributed by atoms with Crippen LogP contribution in [0.3, 0.4) is 0 Å². The third kappa shape index (κ3) is 6.06. The van der Waals surface area contributed by atoms with Crippen molar-refractivity contribution >= 4 is 27.3 Å². The first kappa shape index (κ1) is 22.9. The highest BCUT2D eigenvalue weighted by atomic mass is 32.2. The van der Waals surface area contributed by atoms with Gasteiger partial charge in [0.15, 0.2) is 9.84 Å². The Kier molecular flexibility index (Phi) is 7.10. The molecule has 0 aliphatic heterocycles. The Balaban J connectivity index is 2.59. The van der Waals surface area contributed by atoms with Gasteiger partial charge in [-0.3, -0.25) is 10.1 Å². The molecule has 1 fully saturated rings. The zero-order chi connectivity index (χ0) is 21.8. The van der Waals surface area contributed by atoms with Crippen LogP contribution in [0, 0.1) is 5.92 Å². The molecule has 1 aromatic rings. The van der Waals surface area contributed by atoms with Crippen LogP contribution in [0.25, 0.3) is 5.57 Å². The lowest BCUT2D eigenvalue weighted by Crippen LogP contribution is -2.38. The van der Waals surface area contributed by atoms with Gasteiger partial charge in [-0.2, -0.15) is 13.2 Å². The van der Waals surface area contributed by atoms with E-state index in [-0.39, 0.29) is 17.1 Å². The molecular formula is C19H23F3N2O4S. The summed E-state index contributed by atoms with van der Waals surface area (Å²) in [5.74, 6) is -0.867. The van der Waals surface area contributed by atoms with Gasteiger partial charge in [0.05, 0.1) is 10.5 Å². The molecule has 10 heteroatoms. The second-order valence-corrected chi connectivity index (χ2v) is 8.98. The largest absolute Gasteiger partial charge is 0.417 e. The molecule has 0 spiro atoms. The van der Waals surface area contributed by atoms with Crippen LogP contribution in [0.15, 0.2) is 29.2 Å². The molecule has 2 N–H and O–H groups in total. The van der Waals surface area contributed by atoms with Crippen LogP contribution in [0.4, 0.5) is 18.0 Å². The van der Waals surface area contributed by atoms with Crippen molar-refractivity contribution in [3.8, 4) is 0 Å². The molecule has 0 aromatic heterocycles. The van der Waals surface area contributed by atoms with Gasteiger partial charge < -0.3 is 5.32 Å². The second kappa shape index (κ2) is 8.98. The number of rotatable bonds is 4. The highest BCUT2D eigenvalue weighted by Gasteiger charge is 2.37. The van der Waals surface area contributed by atoms with Gasteiger partial charge in [0.1, 0.15) is 0 Å². The fourth-order valence-electron chi connectivity index (χ4n) is 3.31. The zero-order valence-corrected chi connectivity index (χ0v) is 16.9. The number of carbonyl (C=O) groups excluding carboxylic acids is 2. The van der Waals surface area contributed by atoms with E-state index in [0.717, 1.165) is 44.2 Å². The van der Waals surface area contributed by atoms with Gasteiger partial charge >= 0.3 is 12.2 Å². The number of urea groups is 1. The van der Waals surface area contributed by atoms with Crippen molar-refractivity contribution in [3.05, 3.63) is 35.4 Å². The minimum atomic E-state index is -4.93. The van der Waals surface area contributed by atoms with Crippen molar-refractivity contribution in [2.24, 2.45) is 5.92 Å². The molecular weight excluding hydrogens is 409 g/mol. The Morgan fingerprint density at radius 2 is 1.76 bits per heavy atom. The molecule has 6 nitrogen and oxygen atoms in total. The number of amides is 3. The molecule has 160 valence electrons. The van der Waals surface area contributed by atoms with Crippen LogP contribution in [0.2, 0.25) is 0 Å². The van der Waals surface area contributed by atoms with E-state index in [4.69, 9.17) is 0 Å². The van der Waals surface area contributed by atoms with Crippen molar-refractivity contribution in [3.63, 3.8) is 0 Å². The summed E-state index contributed by atoms with van der Waals surface area (Å²) in [5.41, 5.74) is -1.54. The fourth-order valence-corrected chi connectivity index (χ4v) is 4.20. The van der Waals surface area contributed by atoms with Gasteiger partial charge in [-0.15, -0.1) is 0 Å². The number of hydrogen-bond donors (Lipinski definition) is 2. The van der Waals surface area contributed by atoms with Gasteiger partial charge in [-0.05, 0) is 36.5 Å². The van der Waals surface area contributed by atoms with E-state index in [0.29, 0.717) is 12.3 Å². The van der Waals surface area contributed by atoms with Gasteiger partial charge in [-0.25, -0.2) is 13.2 Å². The molecule has 29 heavy (non-hydrogen) atoms. The Labute approximate surface area is 167 Å². The van der Waals surface area contributed by atoms with E-state index in [2.05, 4.69) is 10.6 Å². The van der Waals surface area contributed by atoms with Crippen LogP contribution in [0.1, 0.15) is 43.2 Å². The van der Waals surface area contributed by atoms with E-state index < -0.39 is 38.4 Å². The van der Waals surface area contributed by atoms with Crippen LogP contribution in [-0.4, -0.2) is 33.7 Å². The van der Waals surface area contributed by atoms with Crippen molar-refractivity contribution in [1.82, 2.24) is 10.6 Å². The zero-order valence-electron chi connectivity index (χ0n) is 16.1. The number of benzene rings is 1. The second-order valence-electron chi connectivity index (χ2n) is 6.99. The van der Waals surface area contributed by atoms with Crippen LogP contribution in [-0.2, 0) is 20.8 Å². The summed E-state index contributed by atoms with van der Waals surface area (Å²) in [6, 6.07) is 1.85. The van der Waals surface area contributed by atoms with Crippen molar-refractivity contribution < 1.29 is 31.2 Å². The number of allylic oxidation sites excluding steroid dienone is 1. The van der Waals surface area contributed by atoms with E-state index in [1.54, 1.807) is 6.08 Å². The van der Waals surface area contributed by atoms with Crippen LogP contribution in [0.5, 0.6) is 0 Å². The lowest BCUT2D eigenvalue weighted by Gasteiger charge is -2.20. The number of sulfone groups is 1. The van der Waals surface area contributed by atoms with E-state index in [1.165, 1.54) is 7.05 Å². The number of halogens is 3. The topological polar surface area (TPSA) is 92.3 Å². The molecule has 0 saturated heterocycles. The van der Waals surface area contributed by atoms with Gasteiger partial charge in [0, 0.05) is 18.9 Å². The minimum absolute atomic E-state index is 0.0156. The molecule has 1 aliphatic rings. The number of imide groups is 1. The average Bonchev–Trinajstić information content (AvgIpc) is 2.64. The first-order valence-corrected chi connectivity index (χ1v) is 11.0. The molecule has 1 saturated carbocycles. The number of carbonyl (C=O) groups is 2. The van der Waals surface area contributed by atoms with Gasteiger partial charge in [-0.1, -0.05) is 31.4 Å². The highest BCUT2D eigenvalue weighted by Crippen LogP contribution is 2.37. The molecule has 0 radical (unpaired) electrons. The lowest BCUT2D eigenvalue weighted by atomic mass is 9.86. The minimum Gasteiger partial charge on any atom is -0.341 e. The molecule has 3 amide bonds. The summed E-state index contributed by atoms with van der Waals surface area (Å²) in [7, 11) is -2.83. The Bertz CT molecular complexity index is 918. The third-order valence-corrected chi connectivity index (χ3v) is 5.90. The number of nitrogens with one attached hydrogen (secondary N) is 2. The van der Waals surface area contributed by atoms with Gasteiger partial charge in [0.2, 0.25) is 0 Å². The molecule has 1 aliphatic carbocycles. The molecule has 0 atom stereocenters. The first-order valence-electron chi connectivity index (χ1n) is 9.10. The summed E-state index contributed by atoms with van der Waals surface area (Å²) >= 11 is 0. The predicted octanol–water partition coefficient (Wildman–Crippen LogP) is 3.53. The molecule has 0 bridgehead atoms. The summed E-state index contributed by atoms with van der Waals surface area (Å²) in [5, 5.41) is 4.28. The normalized spacial score (nSPS) is 16.4. The average molecular weight is 432 g/mol. The standard InChI is InChI=1S/C19H23F3N2O4S/c1-23-18(26)24-17(25)14(10-12-6-4-3-5-7-12)13-8-9-16(29(2,27)28)15(11-13)19(20,21)22/h8-12H,3-7H2,1-2H3,(H2,23,24,25,26). The van der Waals surface area contributed by atoms with Crippen molar-refractivity contribution in [2.75, 3.05) is 13.3 Å². The summed E-state index contributed by atoms with van der Waals surface area (Å²) in [4.78, 5) is 23.3. The monoisotopic (exact) mass is 432 g/mol. The summed E-state index contributed by atoms with van der Waals surface area (Å²) in [6.07, 6.45) is 1.82. The Morgan fingerprint density at radius 3 is 2.28 bits per heavy atom. The Morgan fingerprint density at radius 1 is 1.14 bits per heavy atom. The third-order valence-electron chi connectivity index (χ3n) is 4.75. The van der Waals surface area contributed by atoms with Crippen LogP contribution >= 0.6 is 0 Å². The maximum Gasteiger partial charge on any atom is 0.417 e. The van der Waals surface area contributed by atoms with E-state index in [9.17, 15) is 31.2 Å².